The number of allylic oxidation sites excluding steroid dienone is 3. The fourth-order valence-corrected chi connectivity index (χ4v) is 2.58. The molecule has 0 aromatic carbocycles. The molecule has 0 amide bonds. The van der Waals surface area contributed by atoms with Gasteiger partial charge in [-0.3, -0.25) is 4.79 Å². The van der Waals surface area contributed by atoms with Gasteiger partial charge in [0.1, 0.15) is 0 Å². The van der Waals surface area contributed by atoms with Crippen molar-refractivity contribution in [3.05, 3.63) is 23.3 Å². The van der Waals surface area contributed by atoms with Crippen LogP contribution in [0.15, 0.2) is 23.3 Å². The highest BCUT2D eigenvalue weighted by atomic mass is 16.5. The Bertz CT molecular complexity index is 427. The van der Waals surface area contributed by atoms with Crippen LogP contribution in [0, 0.1) is 5.92 Å². The second-order valence-corrected chi connectivity index (χ2v) is 8.03. The number of hydrogen-bond acceptors (Lipinski definition) is 3. The number of carbonyl (C=O) groups is 1. The molecule has 1 atom stereocenters. The second-order valence-electron chi connectivity index (χ2n) is 8.03. The summed E-state index contributed by atoms with van der Waals surface area (Å²) in [6, 6.07) is 0. The van der Waals surface area contributed by atoms with E-state index in [2.05, 4.69) is 39.8 Å². The molecule has 0 bridgehead atoms. The standard InChI is InChI=1S/C22H40O3/c1-7-8-9-13-21(23)25-17-20(4)16-19(3)12-10-11-18(2)14-15-22(5,6)24/h11,16,20,24H,7-10,12-15,17H2,1-6H3/b18-11+,19-16+/t20-/m1/s1. The van der Waals surface area contributed by atoms with Crippen LogP contribution in [0.2, 0.25) is 0 Å². The summed E-state index contributed by atoms with van der Waals surface area (Å²) in [5.41, 5.74) is 2.08. The highest BCUT2D eigenvalue weighted by Gasteiger charge is 2.11. The van der Waals surface area contributed by atoms with Gasteiger partial charge < -0.3 is 9.84 Å². The van der Waals surface area contributed by atoms with Crippen LogP contribution in [-0.4, -0.2) is 23.3 Å². The van der Waals surface area contributed by atoms with Gasteiger partial charge in [0.05, 0.1) is 12.2 Å². The molecule has 0 saturated carbocycles. The molecule has 3 nitrogen and oxygen atoms in total. The first-order valence-corrected chi connectivity index (χ1v) is 9.85. The number of aliphatic hydroxyl groups is 1. The van der Waals surface area contributed by atoms with E-state index in [4.69, 9.17) is 4.74 Å². The third-order valence-corrected chi connectivity index (χ3v) is 4.22. The Balaban J connectivity index is 4.04. The van der Waals surface area contributed by atoms with E-state index in [0.29, 0.717) is 13.0 Å². The van der Waals surface area contributed by atoms with Crippen molar-refractivity contribution in [2.45, 2.75) is 98.5 Å². The van der Waals surface area contributed by atoms with Gasteiger partial charge in [0.25, 0.3) is 0 Å². The van der Waals surface area contributed by atoms with E-state index >= 15 is 0 Å². The van der Waals surface area contributed by atoms with Gasteiger partial charge in [-0.05, 0) is 59.8 Å². The Morgan fingerprint density at radius 1 is 1.12 bits per heavy atom. The number of rotatable bonds is 13. The van der Waals surface area contributed by atoms with E-state index in [1.54, 1.807) is 0 Å². The smallest absolute Gasteiger partial charge is 0.305 e. The Labute approximate surface area is 155 Å². The third kappa shape index (κ3) is 16.1. The Morgan fingerprint density at radius 3 is 2.40 bits per heavy atom. The number of esters is 1. The second kappa shape index (κ2) is 13.2. The minimum atomic E-state index is -0.589. The molecule has 0 spiro atoms. The molecule has 1 N–H and O–H groups in total. The minimum Gasteiger partial charge on any atom is -0.465 e. The van der Waals surface area contributed by atoms with Crippen molar-refractivity contribution < 1.29 is 14.6 Å². The van der Waals surface area contributed by atoms with E-state index in [1.165, 1.54) is 11.1 Å². The van der Waals surface area contributed by atoms with Crippen molar-refractivity contribution in [2.24, 2.45) is 5.92 Å². The van der Waals surface area contributed by atoms with Crippen molar-refractivity contribution in [1.82, 2.24) is 0 Å². The molecule has 0 aromatic heterocycles. The molecule has 0 unspecified atom stereocenters. The molecule has 0 aliphatic heterocycles. The van der Waals surface area contributed by atoms with Crippen molar-refractivity contribution in [3.8, 4) is 0 Å². The van der Waals surface area contributed by atoms with E-state index < -0.39 is 5.60 Å². The number of hydrogen-bond donors (Lipinski definition) is 1. The van der Waals surface area contributed by atoms with Gasteiger partial charge in [0.2, 0.25) is 0 Å². The average molecular weight is 353 g/mol. The molecule has 0 fully saturated rings. The monoisotopic (exact) mass is 352 g/mol. The van der Waals surface area contributed by atoms with Gasteiger partial charge in [0, 0.05) is 12.3 Å². The van der Waals surface area contributed by atoms with Crippen molar-refractivity contribution >= 4 is 5.97 Å². The van der Waals surface area contributed by atoms with Crippen LogP contribution in [0.25, 0.3) is 0 Å². The fraction of sp³-hybridized carbons (Fsp3) is 0.773. The van der Waals surface area contributed by atoms with Gasteiger partial charge in [-0.25, -0.2) is 0 Å². The van der Waals surface area contributed by atoms with Crippen LogP contribution >= 0.6 is 0 Å². The lowest BCUT2D eigenvalue weighted by molar-refractivity contribution is -0.144. The van der Waals surface area contributed by atoms with Crippen LogP contribution < -0.4 is 0 Å². The molecule has 0 saturated heterocycles. The van der Waals surface area contributed by atoms with Crippen molar-refractivity contribution in [3.63, 3.8) is 0 Å². The predicted octanol–water partition coefficient (Wildman–Crippen LogP) is 5.97. The predicted molar refractivity (Wildman–Crippen MR) is 107 cm³/mol. The lowest BCUT2D eigenvalue weighted by atomic mass is 9.98. The highest BCUT2D eigenvalue weighted by Crippen LogP contribution is 2.17. The van der Waals surface area contributed by atoms with Gasteiger partial charge in [-0.2, -0.15) is 0 Å². The molecule has 0 aliphatic carbocycles. The number of carbonyl (C=O) groups excluding carboxylic acids is 1. The first-order chi connectivity index (χ1) is 11.6. The summed E-state index contributed by atoms with van der Waals surface area (Å²) in [5, 5.41) is 9.76. The van der Waals surface area contributed by atoms with E-state index in [9.17, 15) is 9.90 Å². The van der Waals surface area contributed by atoms with Crippen molar-refractivity contribution in [1.29, 1.82) is 0 Å². The Kier molecular flexibility index (Phi) is 12.6. The molecule has 25 heavy (non-hydrogen) atoms. The molecule has 0 aliphatic rings. The normalized spacial score (nSPS) is 14.5. The molecule has 0 radical (unpaired) electrons. The molecule has 3 heteroatoms. The zero-order valence-electron chi connectivity index (χ0n) is 17.4. The Morgan fingerprint density at radius 2 is 1.80 bits per heavy atom. The van der Waals surface area contributed by atoms with Gasteiger partial charge in [-0.15, -0.1) is 0 Å². The summed E-state index contributed by atoms with van der Waals surface area (Å²) in [7, 11) is 0. The van der Waals surface area contributed by atoms with E-state index in [0.717, 1.165) is 44.9 Å². The minimum absolute atomic E-state index is 0.0725. The summed E-state index contributed by atoms with van der Waals surface area (Å²) in [6.45, 7) is 12.7. The maximum atomic E-state index is 11.6. The van der Waals surface area contributed by atoms with Gasteiger partial charge in [-0.1, -0.05) is 50.0 Å². The number of unbranched alkanes of at least 4 members (excludes halogenated alkanes) is 2. The SMILES string of the molecule is CCCCCC(=O)OC[C@H](C)/C=C(\C)CC/C=C(\C)CCC(C)(C)O. The van der Waals surface area contributed by atoms with Crippen LogP contribution in [-0.2, 0) is 9.53 Å². The van der Waals surface area contributed by atoms with Gasteiger partial charge >= 0.3 is 5.97 Å². The summed E-state index contributed by atoms with van der Waals surface area (Å²) < 4.78 is 5.34. The molecule has 0 aromatic rings. The van der Waals surface area contributed by atoms with E-state index in [-0.39, 0.29) is 11.9 Å². The van der Waals surface area contributed by atoms with Crippen LogP contribution in [0.4, 0.5) is 0 Å². The van der Waals surface area contributed by atoms with Crippen LogP contribution in [0.3, 0.4) is 0 Å². The maximum Gasteiger partial charge on any atom is 0.305 e. The molecule has 0 rings (SSSR count). The van der Waals surface area contributed by atoms with Crippen LogP contribution in [0.1, 0.15) is 92.9 Å². The number of ether oxygens (including phenoxy) is 1. The molecular weight excluding hydrogens is 312 g/mol. The maximum absolute atomic E-state index is 11.6. The van der Waals surface area contributed by atoms with Crippen molar-refractivity contribution in [2.75, 3.05) is 6.61 Å². The lowest BCUT2D eigenvalue weighted by Gasteiger charge is -2.16. The highest BCUT2D eigenvalue weighted by molar-refractivity contribution is 5.69. The largest absolute Gasteiger partial charge is 0.465 e. The molecule has 146 valence electrons. The molecular formula is C22H40O3. The molecule has 0 heterocycles. The fourth-order valence-electron chi connectivity index (χ4n) is 2.58. The summed E-state index contributed by atoms with van der Waals surface area (Å²) in [6.07, 6.45) is 11.9. The van der Waals surface area contributed by atoms with Gasteiger partial charge in [0.15, 0.2) is 0 Å². The summed E-state index contributed by atoms with van der Waals surface area (Å²) in [4.78, 5) is 11.6. The summed E-state index contributed by atoms with van der Waals surface area (Å²) >= 11 is 0. The first-order valence-electron chi connectivity index (χ1n) is 9.85. The topological polar surface area (TPSA) is 46.5 Å². The zero-order valence-corrected chi connectivity index (χ0v) is 17.4. The van der Waals surface area contributed by atoms with E-state index in [1.807, 2.05) is 13.8 Å². The Hall–Kier alpha value is -1.09. The lowest BCUT2D eigenvalue weighted by Crippen LogP contribution is -2.17. The third-order valence-electron chi connectivity index (χ3n) is 4.22. The summed E-state index contributed by atoms with van der Waals surface area (Å²) in [5.74, 6) is 0.187. The quantitative estimate of drug-likeness (QED) is 0.252. The average Bonchev–Trinajstić information content (AvgIpc) is 2.50. The zero-order chi connectivity index (χ0) is 19.3. The van der Waals surface area contributed by atoms with Crippen LogP contribution in [0.5, 0.6) is 0 Å². The first kappa shape index (κ1) is 23.9.